The van der Waals surface area contributed by atoms with Gasteiger partial charge in [-0.3, -0.25) is 0 Å². The molecule has 3 rings (SSSR count). The topological polar surface area (TPSA) is 67.4 Å². The molecule has 102 valence electrons. The molecule has 2 aromatic rings. The van der Waals surface area contributed by atoms with Crippen LogP contribution in [-0.4, -0.2) is 20.2 Å². The van der Waals surface area contributed by atoms with Crippen LogP contribution in [0.15, 0.2) is 30.3 Å². The summed E-state index contributed by atoms with van der Waals surface area (Å²) in [6, 6.07) is 12.3. The first-order valence-corrected chi connectivity index (χ1v) is 7.13. The van der Waals surface area contributed by atoms with Gasteiger partial charge in [0.2, 0.25) is 5.82 Å². The Hall–Kier alpha value is -2.22. The number of nitrogens with zero attached hydrogens (tertiary/aromatic N) is 5. The molecule has 0 spiro atoms. The molecule has 5 heteroatoms. The van der Waals surface area contributed by atoms with Gasteiger partial charge in [0, 0.05) is 5.56 Å². The van der Waals surface area contributed by atoms with Crippen LogP contribution in [0, 0.1) is 17.2 Å². The van der Waals surface area contributed by atoms with Crippen molar-refractivity contribution in [3.63, 3.8) is 0 Å². The van der Waals surface area contributed by atoms with E-state index in [0.29, 0.717) is 5.82 Å². The number of hydrogen-bond donors (Lipinski definition) is 0. The third-order valence-corrected chi connectivity index (χ3v) is 3.90. The smallest absolute Gasteiger partial charge is 0.198 e. The van der Waals surface area contributed by atoms with E-state index in [9.17, 15) is 5.26 Å². The average Bonchev–Trinajstić information content (AvgIpc) is 2.87. The Morgan fingerprint density at radius 2 is 1.90 bits per heavy atom. The van der Waals surface area contributed by atoms with Crippen molar-refractivity contribution in [2.75, 3.05) is 0 Å². The van der Waals surface area contributed by atoms with Crippen LogP contribution in [0.2, 0.25) is 0 Å². The highest BCUT2D eigenvalue weighted by Crippen LogP contribution is 2.31. The first kappa shape index (κ1) is 12.8. The summed E-state index contributed by atoms with van der Waals surface area (Å²) in [4.78, 5) is 1.65. The molecule has 1 aromatic carbocycles. The minimum absolute atomic E-state index is 0.00433. The van der Waals surface area contributed by atoms with Crippen molar-refractivity contribution in [1.29, 1.82) is 5.26 Å². The van der Waals surface area contributed by atoms with Gasteiger partial charge in [-0.05, 0) is 18.1 Å². The van der Waals surface area contributed by atoms with Crippen molar-refractivity contribution in [1.82, 2.24) is 20.2 Å². The zero-order chi connectivity index (χ0) is 13.8. The summed E-state index contributed by atoms with van der Waals surface area (Å²) < 4.78 is 0. The lowest BCUT2D eigenvalue weighted by Gasteiger charge is -2.17. The van der Waals surface area contributed by atoms with Crippen LogP contribution in [0.3, 0.4) is 0 Å². The van der Waals surface area contributed by atoms with E-state index in [-0.39, 0.29) is 12.0 Å². The lowest BCUT2D eigenvalue weighted by molar-refractivity contribution is 0.306. The van der Waals surface area contributed by atoms with E-state index in [2.05, 4.69) is 21.5 Å². The Morgan fingerprint density at radius 1 is 1.10 bits per heavy atom. The second kappa shape index (κ2) is 5.83. The van der Waals surface area contributed by atoms with Gasteiger partial charge in [0.25, 0.3) is 0 Å². The van der Waals surface area contributed by atoms with Gasteiger partial charge in [-0.1, -0.05) is 49.6 Å². The van der Waals surface area contributed by atoms with Crippen molar-refractivity contribution < 1.29 is 0 Å². The van der Waals surface area contributed by atoms with Crippen molar-refractivity contribution in [3.05, 3.63) is 30.3 Å². The van der Waals surface area contributed by atoms with Gasteiger partial charge >= 0.3 is 0 Å². The predicted molar refractivity (Wildman–Crippen MR) is 74.5 cm³/mol. The maximum Gasteiger partial charge on any atom is 0.204 e. The van der Waals surface area contributed by atoms with Gasteiger partial charge in [-0.25, -0.2) is 0 Å². The number of aromatic nitrogens is 4. The van der Waals surface area contributed by atoms with E-state index in [4.69, 9.17) is 0 Å². The third kappa shape index (κ3) is 2.55. The molecule has 0 aliphatic heterocycles. The first-order chi connectivity index (χ1) is 9.88. The van der Waals surface area contributed by atoms with Crippen molar-refractivity contribution in [3.8, 4) is 17.5 Å². The molecule has 1 aliphatic rings. The molecule has 0 N–H and O–H groups in total. The van der Waals surface area contributed by atoms with Gasteiger partial charge in [0.15, 0.2) is 0 Å². The highest BCUT2D eigenvalue weighted by molar-refractivity contribution is 5.52. The maximum absolute atomic E-state index is 9.33. The quantitative estimate of drug-likeness (QED) is 0.784. The van der Waals surface area contributed by atoms with Crippen LogP contribution in [-0.2, 0) is 0 Å². The van der Waals surface area contributed by atoms with Crippen LogP contribution in [0.1, 0.15) is 38.1 Å². The van der Waals surface area contributed by atoms with Crippen molar-refractivity contribution in [2.45, 2.75) is 38.1 Å². The van der Waals surface area contributed by atoms with E-state index in [1.165, 1.54) is 6.42 Å². The summed E-state index contributed by atoms with van der Waals surface area (Å²) in [6.45, 7) is 0. The molecule has 2 unspecified atom stereocenters. The molecule has 1 saturated carbocycles. The fraction of sp³-hybridized carbons (Fsp3) is 0.467. The Bertz CT molecular complexity index is 598. The van der Waals surface area contributed by atoms with E-state index < -0.39 is 0 Å². The Labute approximate surface area is 118 Å². The molecule has 0 bridgehead atoms. The van der Waals surface area contributed by atoms with Gasteiger partial charge in [0.05, 0.1) is 18.0 Å². The van der Waals surface area contributed by atoms with Gasteiger partial charge in [0.1, 0.15) is 0 Å². The number of hydrogen-bond acceptors (Lipinski definition) is 4. The summed E-state index contributed by atoms with van der Waals surface area (Å²) >= 11 is 0. The third-order valence-electron chi connectivity index (χ3n) is 3.90. The maximum atomic E-state index is 9.33. The van der Waals surface area contributed by atoms with Crippen molar-refractivity contribution >= 4 is 0 Å². The van der Waals surface area contributed by atoms with Crippen LogP contribution in [0.25, 0.3) is 11.4 Å². The normalized spacial score (nSPS) is 22.9. The fourth-order valence-electron chi connectivity index (χ4n) is 2.78. The SMILES string of the molecule is N#CC1CCCCCC1n1nnc(-c2ccccc2)n1. The summed E-state index contributed by atoms with van der Waals surface area (Å²) in [5.74, 6) is 0.627. The minimum atomic E-state index is -0.00433. The minimum Gasteiger partial charge on any atom is -0.198 e. The zero-order valence-electron chi connectivity index (χ0n) is 11.3. The highest BCUT2D eigenvalue weighted by atomic mass is 15.6. The molecular formula is C15H17N5. The van der Waals surface area contributed by atoms with Crippen LogP contribution < -0.4 is 0 Å². The zero-order valence-corrected chi connectivity index (χ0v) is 11.3. The Morgan fingerprint density at radius 3 is 2.70 bits per heavy atom. The molecule has 1 aliphatic carbocycles. The molecular weight excluding hydrogens is 250 g/mol. The van der Waals surface area contributed by atoms with Crippen LogP contribution in [0.4, 0.5) is 0 Å². The summed E-state index contributed by atoms with van der Waals surface area (Å²) in [6.07, 6.45) is 5.33. The van der Waals surface area contributed by atoms with Gasteiger partial charge < -0.3 is 0 Å². The average molecular weight is 267 g/mol. The molecule has 1 fully saturated rings. The standard InChI is InChI=1S/C15H17N5/c16-11-13-9-5-2-6-10-14(13)20-18-15(17-19-20)12-7-3-1-4-8-12/h1,3-4,7-8,13-14H,2,5-6,9-10H2. The predicted octanol–water partition coefficient (Wildman–Crippen LogP) is 2.99. The van der Waals surface area contributed by atoms with E-state index in [0.717, 1.165) is 31.2 Å². The molecule has 5 nitrogen and oxygen atoms in total. The van der Waals surface area contributed by atoms with Gasteiger partial charge in [-0.15, -0.1) is 10.2 Å². The molecule has 1 heterocycles. The largest absolute Gasteiger partial charge is 0.204 e. The lowest BCUT2D eigenvalue weighted by Crippen LogP contribution is -2.20. The molecule has 0 radical (unpaired) electrons. The summed E-state index contributed by atoms with van der Waals surface area (Å²) in [5.41, 5.74) is 0.959. The van der Waals surface area contributed by atoms with Crippen LogP contribution >= 0.6 is 0 Å². The molecule has 0 saturated heterocycles. The Kier molecular flexibility index (Phi) is 3.73. The second-order valence-corrected chi connectivity index (χ2v) is 5.24. The first-order valence-electron chi connectivity index (χ1n) is 7.13. The molecule has 0 amide bonds. The monoisotopic (exact) mass is 267 g/mol. The van der Waals surface area contributed by atoms with E-state index >= 15 is 0 Å². The fourth-order valence-corrected chi connectivity index (χ4v) is 2.78. The molecule has 20 heavy (non-hydrogen) atoms. The van der Waals surface area contributed by atoms with Crippen molar-refractivity contribution in [2.24, 2.45) is 5.92 Å². The highest BCUT2D eigenvalue weighted by Gasteiger charge is 2.27. The summed E-state index contributed by atoms with van der Waals surface area (Å²) in [5, 5.41) is 22.1. The Balaban J connectivity index is 1.87. The number of tetrazole rings is 1. The second-order valence-electron chi connectivity index (χ2n) is 5.24. The van der Waals surface area contributed by atoms with Crippen LogP contribution in [0.5, 0.6) is 0 Å². The number of benzene rings is 1. The lowest BCUT2D eigenvalue weighted by atomic mass is 9.97. The number of rotatable bonds is 2. The van der Waals surface area contributed by atoms with E-state index in [1.807, 2.05) is 30.3 Å². The molecule has 2 atom stereocenters. The summed E-state index contributed by atoms with van der Waals surface area (Å²) in [7, 11) is 0. The number of nitriles is 1. The molecule has 1 aromatic heterocycles. The van der Waals surface area contributed by atoms with E-state index in [1.54, 1.807) is 4.80 Å². The van der Waals surface area contributed by atoms with Gasteiger partial charge in [-0.2, -0.15) is 10.1 Å².